The standard InChI is InChI=1S/C11H9NO/c1-9-7-10(3-2-6-12)4-5-11(9)8-13/h2-5,7-8H,1H3. The summed E-state index contributed by atoms with van der Waals surface area (Å²) in [6.07, 6.45) is 3.95. The normalized spacial score (nSPS) is 9.85. The van der Waals surface area contributed by atoms with Gasteiger partial charge in [0.1, 0.15) is 6.29 Å². The van der Waals surface area contributed by atoms with E-state index < -0.39 is 0 Å². The first-order valence-corrected chi connectivity index (χ1v) is 3.90. The van der Waals surface area contributed by atoms with Gasteiger partial charge in [0.15, 0.2) is 0 Å². The second-order valence-electron chi connectivity index (χ2n) is 2.70. The summed E-state index contributed by atoms with van der Waals surface area (Å²) in [4.78, 5) is 10.5. The number of rotatable bonds is 2. The number of aldehydes is 1. The van der Waals surface area contributed by atoms with Crippen molar-refractivity contribution in [1.82, 2.24) is 0 Å². The molecule has 1 rings (SSSR count). The Hall–Kier alpha value is -1.88. The average molecular weight is 171 g/mol. The molecule has 0 fully saturated rings. The van der Waals surface area contributed by atoms with E-state index in [1.807, 2.05) is 25.1 Å². The number of nitrogens with zero attached hydrogens (tertiary/aromatic N) is 1. The van der Waals surface area contributed by atoms with Crippen LogP contribution in [0.15, 0.2) is 24.3 Å². The average Bonchev–Trinajstić information content (AvgIpc) is 2.15. The Morgan fingerprint density at radius 2 is 2.23 bits per heavy atom. The fourth-order valence-electron chi connectivity index (χ4n) is 1.07. The summed E-state index contributed by atoms with van der Waals surface area (Å²) in [6, 6.07) is 7.35. The maximum atomic E-state index is 10.5. The number of allylic oxidation sites excluding steroid dienone is 1. The molecular weight excluding hydrogens is 162 g/mol. The predicted molar refractivity (Wildman–Crippen MR) is 51.2 cm³/mol. The molecule has 0 unspecified atom stereocenters. The summed E-state index contributed by atoms with van der Waals surface area (Å²) >= 11 is 0. The summed E-state index contributed by atoms with van der Waals surface area (Å²) in [5.74, 6) is 0. The molecule has 2 nitrogen and oxygen atoms in total. The maximum absolute atomic E-state index is 10.5. The summed E-state index contributed by atoms with van der Waals surface area (Å²) in [5.41, 5.74) is 2.55. The molecule has 0 spiro atoms. The van der Waals surface area contributed by atoms with Crippen molar-refractivity contribution >= 4 is 12.4 Å². The van der Waals surface area contributed by atoms with Crippen LogP contribution in [0.4, 0.5) is 0 Å². The van der Waals surface area contributed by atoms with Crippen LogP contribution in [0.5, 0.6) is 0 Å². The zero-order chi connectivity index (χ0) is 9.68. The van der Waals surface area contributed by atoms with Crippen molar-refractivity contribution in [2.24, 2.45) is 0 Å². The van der Waals surface area contributed by atoms with Gasteiger partial charge in [0.05, 0.1) is 6.07 Å². The predicted octanol–water partition coefficient (Wildman–Crippen LogP) is 2.34. The van der Waals surface area contributed by atoms with Gasteiger partial charge in [0.25, 0.3) is 0 Å². The fourth-order valence-corrected chi connectivity index (χ4v) is 1.07. The zero-order valence-electron chi connectivity index (χ0n) is 7.32. The highest BCUT2D eigenvalue weighted by Crippen LogP contribution is 2.10. The Kier molecular flexibility index (Phi) is 2.99. The van der Waals surface area contributed by atoms with E-state index in [1.165, 1.54) is 6.08 Å². The van der Waals surface area contributed by atoms with E-state index in [2.05, 4.69) is 0 Å². The number of aryl methyl sites for hydroxylation is 1. The van der Waals surface area contributed by atoms with E-state index in [4.69, 9.17) is 5.26 Å². The topological polar surface area (TPSA) is 40.9 Å². The third-order valence-electron chi connectivity index (χ3n) is 1.77. The van der Waals surface area contributed by atoms with Crippen molar-refractivity contribution < 1.29 is 4.79 Å². The maximum Gasteiger partial charge on any atom is 0.150 e. The van der Waals surface area contributed by atoms with Crippen LogP contribution >= 0.6 is 0 Å². The molecule has 0 N–H and O–H groups in total. The Labute approximate surface area is 77.1 Å². The van der Waals surface area contributed by atoms with Gasteiger partial charge in [-0.05, 0) is 24.1 Å². The molecule has 1 aromatic rings. The molecule has 0 radical (unpaired) electrons. The van der Waals surface area contributed by atoms with E-state index in [1.54, 1.807) is 12.1 Å². The van der Waals surface area contributed by atoms with Crippen molar-refractivity contribution in [3.8, 4) is 6.07 Å². The van der Waals surface area contributed by atoms with Crippen LogP contribution < -0.4 is 0 Å². The highest BCUT2D eigenvalue weighted by Gasteiger charge is 1.95. The van der Waals surface area contributed by atoms with E-state index in [0.717, 1.165) is 17.4 Å². The smallest absolute Gasteiger partial charge is 0.150 e. The van der Waals surface area contributed by atoms with Gasteiger partial charge in [0.2, 0.25) is 0 Å². The monoisotopic (exact) mass is 171 g/mol. The molecule has 0 aliphatic carbocycles. The van der Waals surface area contributed by atoms with Gasteiger partial charge in [-0.15, -0.1) is 0 Å². The molecule has 0 aromatic heterocycles. The molecule has 64 valence electrons. The molecule has 0 aliphatic rings. The van der Waals surface area contributed by atoms with Gasteiger partial charge in [-0.3, -0.25) is 4.79 Å². The second-order valence-corrected chi connectivity index (χ2v) is 2.70. The Balaban J connectivity index is 3.04. The number of benzene rings is 1. The molecule has 1 aromatic carbocycles. The zero-order valence-corrected chi connectivity index (χ0v) is 7.32. The van der Waals surface area contributed by atoms with E-state index in [-0.39, 0.29) is 0 Å². The molecule has 13 heavy (non-hydrogen) atoms. The van der Waals surface area contributed by atoms with Gasteiger partial charge in [0, 0.05) is 11.6 Å². The van der Waals surface area contributed by atoms with Gasteiger partial charge < -0.3 is 0 Å². The minimum absolute atomic E-state index is 0.689. The summed E-state index contributed by atoms with van der Waals surface area (Å²) < 4.78 is 0. The van der Waals surface area contributed by atoms with Crippen LogP contribution in [0.25, 0.3) is 6.08 Å². The second kappa shape index (κ2) is 4.22. The number of carbonyl (C=O) groups excluding carboxylic acids is 1. The van der Waals surface area contributed by atoms with Crippen LogP contribution in [0, 0.1) is 18.3 Å². The van der Waals surface area contributed by atoms with Gasteiger partial charge in [-0.25, -0.2) is 0 Å². The fraction of sp³-hybridized carbons (Fsp3) is 0.0909. The van der Waals surface area contributed by atoms with Crippen molar-refractivity contribution in [1.29, 1.82) is 5.26 Å². The van der Waals surface area contributed by atoms with E-state index in [0.29, 0.717) is 5.56 Å². The first kappa shape index (κ1) is 9.21. The quantitative estimate of drug-likeness (QED) is 0.506. The number of nitriles is 1. The largest absolute Gasteiger partial charge is 0.298 e. The molecule has 0 bridgehead atoms. The minimum Gasteiger partial charge on any atom is -0.298 e. The van der Waals surface area contributed by atoms with Crippen molar-refractivity contribution in [3.63, 3.8) is 0 Å². The highest BCUT2D eigenvalue weighted by atomic mass is 16.1. The van der Waals surface area contributed by atoms with Crippen LogP contribution in [0.3, 0.4) is 0 Å². The number of hydrogen-bond acceptors (Lipinski definition) is 2. The number of carbonyl (C=O) groups is 1. The SMILES string of the molecule is Cc1cc(C=CC#N)ccc1C=O. The third-order valence-corrected chi connectivity index (χ3v) is 1.77. The Morgan fingerprint density at radius 1 is 1.46 bits per heavy atom. The third kappa shape index (κ3) is 2.28. The molecule has 0 amide bonds. The first-order valence-electron chi connectivity index (χ1n) is 3.90. The van der Waals surface area contributed by atoms with Crippen molar-refractivity contribution in [2.45, 2.75) is 6.92 Å². The lowest BCUT2D eigenvalue weighted by atomic mass is 10.1. The van der Waals surface area contributed by atoms with Gasteiger partial charge in [-0.1, -0.05) is 18.2 Å². The summed E-state index contributed by atoms with van der Waals surface area (Å²) in [7, 11) is 0. The lowest BCUT2D eigenvalue weighted by Crippen LogP contribution is -1.86. The van der Waals surface area contributed by atoms with Crippen LogP contribution in [-0.4, -0.2) is 6.29 Å². The summed E-state index contributed by atoms with van der Waals surface area (Å²) in [5, 5.41) is 8.30. The van der Waals surface area contributed by atoms with Gasteiger partial charge >= 0.3 is 0 Å². The van der Waals surface area contributed by atoms with Gasteiger partial charge in [-0.2, -0.15) is 5.26 Å². The summed E-state index contributed by atoms with van der Waals surface area (Å²) in [6.45, 7) is 1.87. The van der Waals surface area contributed by atoms with Crippen molar-refractivity contribution in [3.05, 3.63) is 41.0 Å². The lowest BCUT2D eigenvalue weighted by Gasteiger charge is -1.98. The van der Waals surface area contributed by atoms with Crippen LogP contribution in [-0.2, 0) is 0 Å². The highest BCUT2D eigenvalue weighted by molar-refractivity contribution is 5.78. The molecule has 0 heterocycles. The lowest BCUT2D eigenvalue weighted by molar-refractivity contribution is 0.112. The Morgan fingerprint density at radius 3 is 2.77 bits per heavy atom. The van der Waals surface area contributed by atoms with Crippen LogP contribution in [0.2, 0.25) is 0 Å². The number of hydrogen-bond donors (Lipinski definition) is 0. The molecule has 0 atom stereocenters. The molecule has 0 saturated carbocycles. The van der Waals surface area contributed by atoms with E-state index in [9.17, 15) is 4.79 Å². The molecule has 2 heteroatoms. The first-order chi connectivity index (χ1) is 6.27. The van der Waals surface area contributed by atoms with Crippen LogP contribution in [0.1, 0.15) is 21.5 Å². The minimum atomic E-state index is 0.689. The van der Waals surface area contributed by atoms with Crippen molar-refractivity contribution in [2.75, 3.05) is 0 Å². The molecule has 0 aliphatic heterocycles. The van der Waals surface area contributed by atoms with E-state index >= 15 is 0 Å². The molecular formula is C11H9NO. The Bertz CT molecular complexity index is 386. The molecule has 0 saturated heterocycles.